The van der Waals surface area contributed by atoms with Gasteiger partial charge in [-0.1, -0.05) is 18.2 Å². The minimum atomic E-state index is -3.56. The van der Waals surface area contributed by atoms with Crippen LogP contribution in [0, 0.1) is 5.92 Å². The van der Waals surface area contributed by atoms with Crippen LogP contribution in [0.15, 0.2) is 51.6 Å². The summed E-state index contributed by atoms with van der Waals surface area (Å²) in [6.45, 7) is 2.35. The molecular weight excluding hydrogens is 356 g/mol. The highest BCUT2D eigenvalue weighted by atomic mass is 32.2. The predicted molar refractivity (Wildman–Crippen MR) is 98.8 cm³/mol. The second kappa shape index (κ2) is 7.68. The average Bonchev–Trinajstić information content (AvgIpc) is 3.13. The first-order valence-electron chi connectivity index (χ1n) is 8.36. The van der Waals surface area contributed by atoms with Gasteiger partial charge in [0.25, 0.3) is 5.91 Å². The van der Waals surface area contributed by atoms with Crippen molar-refractivity contribution in [1.29, 1.82) is 0 Å². The maximum atomic E-state index is 12.7. The Balaban J connectivity index is 1.78. The van der Waals surface area contributed by atoms with E-state index in [1.54, 1.807) is 36.4 Å². The van der Waals surface area contributed by atoms with E-state index in [1.165, 1.54) is 6.07 Å². The molecule has 134 valence electrons. The van der Waals surface area contributed by atoms with Crippen molar-refractivity contribution >= 4 is 27.1 Å². The number of nitrogens with one attached hydrogen (secondary N) is 1. The summed E-state index contributed by atoms with van der Waals surface area (Å²) in [6, 6.07) is 11.5. The molecule has 1 N–H and O–H groups in total. The van der Waals surface area contributed by atoms with Gasteiger partial charge in [-0.3, -0.25) is 4.79 Å². The van der Waals surface area contributed by atoms with Crippen molar-refractivity contribution in [2.75, 3.05) is 26.7 Å². The van der Waals surface area contributed by atoms with Gasteiger partial charge in [-0.15, -0.1) is 11.3 Å². The minimum absolute atomic E-state index is 0.0692. The van der Waals surface area contributed by atoms with Crippen LogP contribution in [0.2, 0.25) is 0 Å². The molecule has 1 fully saturated rings. The molecule has 1 aromatic heterocycles. The van der Waals surface area contributed by atoms with Gasteiger partial charge in [0.15, 0.2) is 0 Å². The van der Waals surface area contributed by atoms with E-state index >= 15 is 0 Å². The average molecular weight is 379 g/mol. The largest absolute Gasteiger partial charge is 0.338 e. The lowest BCUT2D eigenvalue weighted by Gasteiger charge is -2.32. The Bertz CT molecular complexity index is 829. The van der Waals surface area contributed by atoms with Crippen molar-refractivity contribution in [3.05, 3.63) is 47.3 Å². The molecule has 1 atom stereocenters. The number of benzene rings is 1. The van der Waals surface area contributed by atoms with Crippen LogP contribution in [0.1, 0.15) is 22.5 Å². The van der Waals surface area contributed by atoms with Crippen molar-refractivity contribution in [3.63, 3.8) is 0 Å². The van der Waals surface area contributed by atoms with Gasteiger partial charge in [0.1, 0.15) is 4.21 Å². The topological polar surface area (TPSA) is 66.5 Å². The Morgan fingerprint density at radius 3 is 2.72 bits per heavy atom. The molecule has 1 aliphatic rings. The number of amides is 1. The second-order valence-electron chi connectivity index (χ2n) is 6.25. The summed E-state index contributed by atoms with van der Waals surface area (Å²) in [4.78, 5) is 15.3. The minimum Gasteiger partial charge on any atom is -0.338 e. The van der Waals surface area contributed by atoms with Gasteiger partial charge in [0, 0.05) is 13.1 Å². The molecule has 2 aromatic rings. The van der Waals surface area contributed by atoms with E-state index < -0.39 is 9.84 Å². The fourth-order valence-electron chi connectivity index (χ4n) is 3.16. The maximum Gasteiger partial charge on any atom is 0.263 e. The summed E-state index contributed by atoms with van der Waals surface area (Å²) in [7, 11) is -1.65. The zero-order valence-electron chi connectivity index (χ0n) is 14.1. The lowest BCUT2D eigenvalue weighted by atomic mass is 9.98. The van der Waals surface area contributed by atoms with Gasteiger partial charge >= 0.3 is 0 Å². The van der Waals surface area contributed by atoms with Crippen LogP contribution >= 0.6 is 11.3 Å². The number of piperidine rings is 1. The number of nitrogens with zero attached hydrogens (tertiary/aromatic N) is 1. The number of carbonyl (C=O) groups is 1. The van der Waals surface area contributed by atoms with Crippen molar-refractivity contribution in [2.45, 2.75) is 21.9 Å². The van der Waals surface area contributed by atoms with Crippen LogP contribution in [0.4, 0.5) is 0 Å². The Morgan fingerprint density at radius 1 is 1.24 bits per heavy atom. The lowest BCUT2D eigenvalue weighted by molar-refractivity contribution is 0.0679. The third-order valence-corrected chi connectivity index (χ3v) is 7.74. The molecule has 1 aliphatic heterocycles. The maximum absolute atomic E-state index is 12.7. The molecule has 1 saturated heterocycles. The first-order chi connectivity index (χ1) is 12.0. The first-order valence-corrected chi connectivity index (χ1v) is 10.7. The molecule has 7 heteroatoms. The van der Waals surface area contributed by atoms with Crippen molar-refractivity contribution in [1.82, 2.24) is 10.2 Å². The number of hydrogen-bond acceptors (Lipinski definition) is 5. The van der Waals surface area contributed by atoms with Gasteiger partial charge in [-0.05, 0) is 56.6 Å². The molecule has 0 radical (unpaired) electrons. The fourth-order valence-corrected chi connectivity index (χ4v) is 5.85. The Morgan fingerprint density at radius 2 is 2.00 bits per heavy atom. The Labute approximate surface area is 152 Å². The number of sulfone groups is 1. The molecule has 0 saturated carbocycles. The highest BCUT2D eigenvalue weighted by Crippen LogP contribution is 2.29. The fraction of sp³-hybridized carbons (Fsp3) is 0.389. The Kier molecular flexibility index (Phi) is 5.56. The number of carbonyl (C=O) groups excluding carboxylic acids is 1. The summed E-state index contributed by atoms with van der Waals surface area (Å²) < 4.78 is 25.5. The van der Waals surface area contributed by atoms with Crippen LogP contribution in [-0.2, 0) is 9.84 Å². The van der Waals surface area contributed by atoms with Crippen molar-refractivity contribution < 1.29 is 13.2 Å². The standard InChI is InChI=1S/C18H22N2O3S2/c1-19-12-14-6-5-11-20(13-14)18(21)16-9-10-17(24-16)25(22,23)15-7-3-2-4-8-15/h2-4,7-10,14,19H,5-6,11-13H2,1H3. The van der Waals surface area contributed by atoms with Gasteiger partial charge in [-0.2, -0.15) is 0 Å². The molecule has 5 nitrogen and oxygen atoms in total. The van der Waals surface area contributed by atoms with E-state index in [4.69, 9.17) is 0 Å². The molecule has 1 amide bonds. The number of hydrogen-bond donors (Lipinski definition) is 1. The molecule has 25 heavy (non-hydrogen) atoms. The van der Waals surface area contributed by atoms with Crippen LogP contribution in [-0.4, -0.2) is 45.9 Å². The molecule has 2 heterocycles. The molecule has 3 rings (SSSR count). The van der Waals surface area contributed by atoms with Gasteiger partial charge in [0.2, 0.25) is 9.84 Å². The van der Waals surface area contributed by atoms with E-state index in [1.807, 2.05) is 11.9 Å². The molecule has 1 unspecified atom stereocenters. The van der Waals surface area contributed by atoms with E-state index in [-0.39, 0.29) is 15.0 Å². The zero-order chi connectivity index (χ0) is 17.9. The van der Waals surface area contributed by atoms with Gasteiger partial charge < -0.3 is 10.2 Å². The quantitative estimate of drug-likeness (QED) is 0.869. The summed E-state index contributed by atoms with van der Waals surface area (Å²) >= 11 is 1.06. The highest BCUT2D eigenvalue weighted by molar-refractivity contribution is 7.93. The predicted octanol–water partition coefficient (Wildman–Crippen LogP) is 2.65. The molecule has 0 spiro atoms. The third kappa shape index (κ3) is 3.94. The van der Waals surface area contributed by atoms with Crippen molar-refractivity contribution in [3.8, 4) is 0 Å². The summed E-state index contributed by atoms with van der Waals surface area (Å²) in [5.41, 5.74) is 0. The zero-order valence-corrected chi connectivity index (χ0v) is 15.8. The van der Waals surface area contributed by atoms with Crippen LogP contribution in [0.3, 0.4) is 0 Å². The van der Waals surface area contributed by atoms with Crippen molar-refractivity contribution in [2.24, 2.45) is 5.92 Å². The van der Waals surface area contributed by atoms with E-state index in [0.29, 0.717) is 10.8 Å². The highest BCUT2D eigenvalue weighted by Gasteiger charge is 2.27. The number of thiophene rings is 1. The molecule has 0 aliphatic carbocycles. The summed E-state index contributed by atoms with van der Waals surface area (Å²) in [6.07, 6.45) is 2.10. The second-order valence-corrected chi connectivity index (χ2v) is 9.51. The smallest absolute Gasteiger partial charge is 0.263 e. The van der Waals surface area contributed by atoms with E-state index in [2.05, 4.69) is 5.32 Å². The summed E-state index contributed by atoms with van der Waals surface area (Å²) in [5.74, 6) is 0.385. The van der Waals surface area contributed by atoms with Crippen LogP contribution in [0.5, 0.6) is 0 Å². The number of rotatable bonds is 5. The molecule has 0 bridgehead atoms. The first kappa shape index (κ1) is 18.1. The van der Waals surface area contributed by atoms with Crippen LogP contribution < -0.4 is 5.32 Å². The monoisotopic (exact) mass is 378 g/mol. The van der Waals surface area contributed by atoms with Crippen LogP contribution in [0.25, 0.3) is 0 Å². The molecular formula is C18H22N2O3S2. The van der Waals surface area contributed by atoms with Gasteiger partial charge in [0.05, 0.1) is 9.77 Å². The van der Waals surface area contributed by atoms with Gasteiger partial charge in [-0.25, -0.2) is 8.42 Å². The van der Waals surface area contributed by atoms with E-state index in [0.717, 1.165) is 43.8 Å². The number of likely N-dealkylation sites (tertiary alicyclic amines) is 1. The van der Waals surface area contributed by atoms with E-state index in [9.17, 15) is 13.2 Å². The lowest BCUT2D eigenvalue weighted by Crippen LogP contribution is -2.42. The molecule has 1 aromatic carbocycles. The summed E-state index contributed by atoms with van der Waals surface area (Å²) in [5, 5.41) is 3.16. The SMILES string of the molecule is CNCC1CCCN(C(=O)c2ccc(S(=O)(=O)c3ccccc3)s2)C1. The Hall–Kier alpha value is -1.70. The third-order valence-electron chi connectivity index (χ3n) is 4.41. The normalized spacial score (nSPS) is 18.3.